The van der Waals surface area contributed by atoms with Crippen molar-refractivity contribution in [2.45, 2.75) is 20.8 Å². The highest BCUT2D eigenvalue weighted by Gasteiger charge is 2.31. The Morgan fingerprint density at radius 1 is 0.862 bits per heavy atom. The average Bonchev–Trinajstić information content (AvgIpc) is 3.15. The van der Waals surface area contributed by atoms with Gasteiger partial charge in [0.2, 0.25) is 5.91 Å². The minimum Gasteiger partial charge on any atom is -0.339 e. The van der Waals surface area contributed by atoms with Crippen molar-refractivity contribution in [1.82, 2.24) is 9.80 Å². The lowest BCUT2D eigenvalue weighted by Crippen LogP contribution is -2.52. The van der Waals surface area contributed by atoms with E-state index in [-0.39, 0.29) is 17.8 Å². The summed E-state index contributed by atoms with van der Waals surface area (Å²) in [5, 5.41) is 6.10. The molecule has 1 aliphatic rings. The van der Waals surface area contributed by atoms with Crippen molar-refractivity contribution in [2.75, 3.05) is 36.8 Å². The molecule has 8 heteroatoms. The molecule has 0 unspecified atom stereocenters. The molecule has 0 atom stereocenters. The van der Waals surface area contributed by atoms with Crippen molar-refractivity contribution in [2.24, 2.45) is 5.41 Å². The molecule has 3 rings (SSSR count). The molecule has 154 valence electrons. The molecule has 0 aliphatic carbocycles. The zero-order chi connectivity index (χ0) is 21.0. The lowest BCUT2D eigenvalue weighted by atomic mass is 9.94. The Balaban J connectivity index is 1.53. The van der Waals surface area contributed by atoms with Gasteiger partial charge in [-0.2, -0.15) is 0 Å². The second-order valence-electron chi connectivity index (χ2n) is 7.94. The molecule has 0 bridgehead atoms. The Morgan fingerprint density at radius 2 is 1.48 bits per heavy atom. The highest BCUT2D eigenvalue weighted by atomic mass is 32.1. The van der Waals surface area contributed by atoms with Crippen molar-refractivity contribution < 1.29 is 14.4 Å². The highest BCUT2D eigenvalue weighted by molar-refractivity contribution is 7.18. The normalized spacial score (nSPS) is 14.4. The van der Waals surface area contributed by atoms with Crippen LogP contribution in [-0.4, -0.2) is 53.8 Å². The van der Waals surface area contributed by atoms with Crippen LogP contribution in [0.3, 0.4) is 0 Å². The number of nitrogens with zero attached hydrogens (tertiary/aromatic N) is 2. The van der Waals surface area contributed by atoms with Crippen LogP contribution in [0.25, 0.3) is 0 Å². The van der Waals surface area contributed by atoms with Crippen LogP contribution in [0, 0.1) is 5.41 Å². The lowest BCUT2D eigenvalue weighted by Gasteiger charge is -2.37. The second-order valence-corrected chi connectivity index (χ2v) is 9.03. The quantitative estimate of drug-likeness (QED) is 0.803. The van der Waals surface area contributed by atoms with Crippen molar-refractivity contribution in [3.63, 3.8) is 0 Å². The fourth-order valence-corrected chi connectivity index (χ4v) is 3.93. The number of urea groups is 1. The van der Waals surface area contributed by atoms with Crippen LogP contribution in [0.2, 0.25) is 0 Å². The van der Waals surface area contributed by atoms with E-state index in [1.807, 2.05) is 43.9 Å². The summed E-state index contributed by atoms with van der Waals surface area (Å²) in [6.07, 6.45) is 0. The Labute approximate surface area is 174 Å². The Kier molecular flexibility index (Phi) is 6.22. The molecule has 1 aromatic carbocycles. The van der Waals surface area contributed by atoms with E-state index in [0.29, 0.717) is 41.7 Å². The molecule has 2 heterocycles. The summed E-state index contributed by atoms with van der Waals surface area (Å²) in [6.45, 7) is 7.81. The smallest absolute Gasteiger partial charge is 0.324 e. The third-order valence-corrected chi connectivity index (χ3v) is 5.57. The summed E-state index contributed by atoms with van der Waals surface area (Å²) in [4.78, 5) is 41.4. The van der Waals surface area contributed by atoms with Gasteiger partial charge in [-0.1, -0.05) is 39.0 Å². The number of amides is 4. The van der Waals surface area contributed by atoms with E-state index in [4.69, 9.17) is 0 Å². The number of carbonyl (C=O) groups excluding carboxylic acids is 3. The zero-order valence-electron chi connectivity index (χ0n) is 16.9. The fraction of sp³-hybridized carbons (Fsp3) is 0.381. The van der Waals surface area contributed by atoms with Crippen molar-refractivity contribution in [3.8, 4) is 0 Å². The number of hydrogen-bond donors (Lipinski definition) is 2. The van der Waals surface area contributed by atoms with Crippen LogP contribution in [0.5, 0.6) is 0 Å². The minimum atomic E-state index is -0.416. The summed E-state index contributed by atoms with van der Waals surface area (Å²) in [5.74, 6) is 0.0333. The largest absolute Gasteiger partial charge is 0.339 e. The number of benzene rings is 1. The van der Waals surface area contributed by atoms with Gasteiger partial charge in [0.25, 0.3) is 5.91 Å². The summed E-state index contributed by atoms with van der Waals surface area (Å²) in [6, 6.07) is 12.2. The van der Waals surface area contributed by atoms with Crippen LogP contribution in [0.1, 0.15) is 30.4 Å². The van der Waals surface area contributed by atoms with E-state index < -0.39 is 5.41 Å². The second kappa shape index (κ2) is 8.65. The molecule has 2 N–H and O–H groups in total. The third-order valence-electron chi connectivity index (χ3n) is 4.58. The molecule has 4 amide bonds. The number of anilines is 2. The molecule has 1 saturated heterocycles. The molecule has 0 saturated carbocycles. The van der Waals surface area contributed by atoms with Gasteiger partial charge >= 0.3 is 6.03 Å². The number of thiophene rings is 1. The first kappa shape index (κ1) is 20.9. The number of hydrogen-bond acceptors (Lipinski definition) is 4. The molecular formula is C21H26N4O3S. The first-order valence-corrected chi connectivity index (χ1v) is 10.4. The van der Waals surface area contributed by atoms with Gasteiger partial charge in [-0.05, 0) is 24.3 Å². The van der Waals surface area contributed by atoms with Crippen molar-refractivity contribution in [3.05, 3.63) is 47.3 Å². The molecule has 0 spiro atoms. The van der Waals surface area contributed by atoms with Gasteiger partial charge in [-0.25, -0.2) is 4.79 Å². The Hall–Kier alpha value is -2.87. The topological polar surface area (TPSA) is 81.8 Å². The molecule has 2 aromatic rings. The van der Waals surface area contributed by atoms with Gasteiger partial charge in [-0.15, -0.1) is 11.3 Å². The van der Waals surface area contributed by atoms with Crippen LogP contribution >= 0.6 is 11.3 Å². The number of carbonyl (C=O) groups is 3. The van der Waals surface area contributed by atoms with Gasteiger partial charge in [0, 0.05) is 37.3 Å². The highest BCUT2D eigenvalue weighted by Crippen LogP contribution is 2.25. The van der Waals surface area contributed by atoms with E-state index in [1.54, 1.807) is 29.2 Å². The molecule has 1 aliphatic heterocycles. The fourth-order valence-electron chi connectivity index (χ4n) is 3.06. The Morgan fingerprint density at radius 3 is 2.10 bits per heavy atom. The predicted octanol–water partition coefficient (Wildman–Crippen LogP) is 3.72. The SMILES string of the molecule is CC(C)(C)C(=O)N1CCN(C(=O)c2ccc(NC(=O)Nc3ccccc3)s2)CC1. The van der Waals surface area contributed by atoms with Gasteiger partial charge in [0.15, 0.2) is 0 Å². The van der Waals surface area contributed by atoms with Crippen molar-refractivity contribution >= 4 is 39.9 Å². The van der Waals surface area contributed by atoms with E-state index in [2.05, 4.69) is 10.6 Å². The monoisotopic (exact) mass is 414 g/mol. The van der Waals surface area contributed by atoms with Gasteiger partial charge in [-0.3, -0.25) is 14.9 Å². The molecule has 29 heavy (non-hydrogen) atoms. The Bertz CT molecular complexity index is 881. The maximum Gasteiger partial charge on any atom is 0.324 e. The number of nitrogens with one attached hydrogen (secondary N) is 2. The number of piperazine rings is 1. The lowest BCUT2D eigenvalue weighted by molar-refractivity contribution is -0.140. The number of para-hydroxylation sites is 1. The molecular weight excluding hydrogens is 388 g/mol. The van der Waals surface area contributed by atoms with Crippen molar-refractivity contribution in [1.29, 1.82) is 0 Å². The average molecular weight is 415 g/mol. The maximum atomic E-state index is 12.8. The first-order chi connectivity index (χ1) is 13.7. The van der Waals surface area contributed by atoms with Gasteiger partial charge in [0.1, 0.15) is 0 Å². The summed E-state index contributed by atoms with van der Waals surface area (Å²) >= 11 is 1.24. The molecule has 7 nitrogen and oxygen atoms in total. The predicted molar refractivity (Wildman–Crippen MR) is 115 cm³/mol. The first-order valence-electron chi connectivity index (χ1n) is 9.55. The van der Waals surface area contributed by atoms with Crippen LogP contribution in [0.15, 0.2) is 42.5 Å². The number of rotatable bonds is 3. The summed E-state index contributed by atoms with van der Waals surface area (Å²) < 4.78 is 0. The molecule has 0 radical (unpaired) electrons. The standard InChI is InChI=1S/C21H26N4O3S/c1-21(2,3)19(27)25-13-11-24(12-14-25)18(26)16-9-10-17(29-16)23-20(28)22-15-7-5-4-6-8-15/h4-10H,11-14H2,1-3H3,(H2,22,23,28). The maximum absolute atomic E-state index is 12.8. The molecule has 1 aromatic heterocycles. The van der Waals surface area contributed by atoms with E-state index in [0.717, 1.165) is 0 Å². The van der Waals surface area contributed by atoms with Crippen LogP contribution in [0.4, 0.5) is 15.5 Å². The van der Waals surface area contributed by atoms with E-state index in [1.165, 1.54) is 11.3 Å². The molecule has 1 fully saturated rings. The summed E-state index contributed by atoms with van der Waals surface area (Å²) in [7, 11) is 0. The third kappa shape index (κ3) is 5.35. The van der Waals surface area contributed by atoms with Gasteiger partial charge < -0.3 is 15.1 Å². The summed E-state index contributed by atoms with van der Waals surface area (Å²) in [5.41, 5.74) is 0.279. The van der Waals surface area contributed by atoms with Crippen LogP contribution in [-0.2, 0) is 4.79 Å². The zero-order valence-corrected chi connectivity index (χ0v) is 17.7. The van der Waals surface area contributed by atoms with E-state index >= 15 is 0 Å². The minimum absolute atomic E-state index is 0.0747. The van der Waals surface area contributed by atoms with Gasteiger partial charge in [0.05, 0.1) is 9.88 Å². The van der Waals surface area contributed by atoms with Crippen LogP contribution < -0.4 is 10.6 Å². The van der Waals surface area contributed by atoms with E-state index in [9.17, 15) is 14.4 Å².